The van der Waals surface area contributed by atoms with Crippen LogP contribution in [0.15, 0.2) is 48.8 Å². The minimum atomic E-state index is -0.267. The van der Waals surface area contributed by atoms with E-state index in [1.807, 2.05) is 53.9 Å². The van der Waals surface area contributed by atoms with Crippen molar-refractivity contribution in [1.82, 2.24) is 14.7 Å². The number of benzene rings is 1. The molecule has 1 N–H and O–H groups in total. The third kappa shape index (κ3) is 3.26. The summed E-state index contributed by atoms with van der Waals surface area (Å²) in [5, 5.41) is 3.14. The molecule has 0 radical (unpaired) electrons. The number of nitrogens with zero attached hydrogens (tertiary/aromatic N) is 2. The number of methoxy groups -OCH3 is 1. The van der Waals surface area contributed by atoms with Gasteiger partial charge in [-0.25, -0.2) is 4.98 Å². The molecule has 0 saturated heterocycles. The number of ether oxygens (including phenoxy) is 1. The summed E-state index contributed by atoms with van der Waals surface area (Å²) in [4.78, 5) is 29.3. The molecule has 0 aliphatic heterocycles. The molecule has 0 bridgehead atoms. The van der Waals surface area contributed by atoms with Crippen LogP contribution in [-0.4, -0.2) is 28.4 Å². The lowest BCUT2D eigenvalue weighted by atomic mass is 9.80. The SMILES string of the molecule is COC(=O)C1CCC(NC(=O)Cc2cnc3c(C)cccn23)c2ccccc21. The van der Waals surface area contributed by atoms with Gasteiger partial charge >= 0.3 is 5.97 Å². The van der Waals surface area contributed by atoms with Crippen LogP contribution in [0.2, 0.25) is 0 Å². The number of rotatable bonds is 4. The van der Waals surface area contributed by atoms with Crippen LogP contribution in [-0.2, 0) is 20.7 Å². The number of imidazole rings is 1. The average molecular weight is 377 g/mol. The van der Waals surface area contributed by atoms with Crippen LogP contribution in [0.5, 0.6) is 0 Å². The van der Waals surface area contributed by atoms with Gasteiger partial charge < -0.3 is 14.5 Å². The number of hydrogen-bond acceptors (Lipinski definition) is 4. The monoisotopic (exact) mass is 377 g/mol. The van der Waals surface area contributed by atoms with Gasteiger partial charge in [0.15, 0.2) is 0 Å². The minimum Gasteiger partial charge on any atom is -0.469 e. The first-order chi connectivity index (χ1) is 13.6. The van der Waals surface area contributed by atoms with Gasteiger partial charge in [0.1, 0.15) is 5.65 Å². The summed E-state index contributed by atoms with van der Waals surface area (Å²) in [6, 6.07) is 11.6. The Kier molecular flexibility index (Phi) is 4.86. The van der Waals surface area contributed by atoms with Gasteiger partial charge in [-0.3, -0.25) is 9.59 Å². The molecule has 1 aliphatic carbocycles. The molecular weight excluding hydrogens is 354 g/mol. The fourth-order valence-corrected chi connectivity index (χ4v) is 4.07. The highest BCUT2D eigenvalue weighted by atomic mass is 16.5. The molecule has 2 atom stereocenters. The Morgan fingerprint density at radius 1 is 1.18 bits per heavy atom. The van der Waals surface area contributed by atoms with E-state index in [0.717, 1.165) is 28.0 Å². The van der Waals surface area contributed by atoms with Crippen molar-refractivity contribution in [2.75, 3.05) is 7.11 Å². The van der Waals surface area contributed by atoms with Crippen molar-refractivity contribution in [1.29, 1.82) is 0 Å². The molecule has 1 aliphatic rings. The zero-order valence-electron chi connectivity index (χ0n) is 16.0. The number of nitrogens with one attached hydrogen (secondary N) is 1. The largest absolute Gasteiger partial charge is 0.469 e. The van der Waals surface area contributed by atoms with Gasteiger partial charge in [0.25, 0.3) is 0 Å². The van der Waals surface area contributed by atoms with E-state index in [0.29, 0.717) is 12.8 Å². The number of amides is 1. The van der Waals surface area contributed by atoms with E-state index < -0.39 is 0 Å². The Morgan fingerprint density at radius 2 is 1.96 bits per heavy atom. The van der Waals surface area contributed by atoms with Gasteiger partial charge in [-0.2, -0.15) is 0 Å². The molecule has 3 aromatic rings. The lowest BCUT2D eigenvalue weighted by molar-refractivity contribution is -0.142. The lowest BCUT2D eigenvalue weighted by Gasteiger charge is -2.30. The first-order valence-corrected chi connectivity index (χ1v) is 9.46. The number of pyridine rings is 1. The molecule has 6 heteroatoms. The topological polar surface area (TPSA) is 72.7 Å². The molecule has 0 fully saturated rings. The Labute approximate surface area is 163 Å². The number of hydrogen-bond donors (Lipinski definition) is 1. The molecule has 4 rings (SSSR count). The van der Waals surface area contributed by atoms with Crippen LogP contribution in [0.25, 0.3) is 5.65 Å². The summed E-state index contributed by atoms with van der Waals surface area (Å²) in [6.07, 6.45) is 5.29. The normalized spacial score (nSPS) is 18.5. The highest BCUT2D eigenvalue weighted by Gasteiger charge is 2.32. The summed E-state index contributed by atoms with van der Waals surface area (Å²) in [6.45, 7) is 2.00. The summed E-state index contributed by atoms with van der Waals surface area (Å²) >= 11 is 0. The molecule has 0 saturated carbocycles. The Hall–Kier alpha value is -3.15. The van der Waals surface area contributed by atoms with Crippen LogP contribution in [0.4, 0.5) is 0 Å². The van der Waals surface area contributed by atoms with E-state index in [1.165, 1.54) is 7.11 Å². The van der Waals surface area contributed by atoms with E-state index in [9.17, 15) is 9.59 Å². The summed E-state index contributed by atoms with van der Waals surface area (Å²) in [7, 11) is 1.41. The van der Waals surface area contributed by atoms with Gasteiger partial charge in [-0.05, 0) is 42.5 Å². The molecular formula is C22H23N3O3. The van der Waals surface area contributed by atoms with E-state index in [4.69, 9.17) is 4.74 Å². The number of carbonyl (C=O) groups is 2. The molecule has 1 aromatic carbocycles. The highest BCUT2D eigenvalue weighted by molar-refractivity contribution is 5.81. The lowest BCUT2D eigenvalue weighted by Crippen LogP contribution is -2.34. The molecule has 6 nitrogen and oxygen atoms in total. The maximum Gasteiger partial charge on any atom is 0.313 e. The van der Waals surface area contributed by atoms with Gasteiger partial charge in [0.2, 0.25) is 5.91 Å². The number of esters is 1. The van der Waals surface area contributed by atoms with E-state index >= 15 is 0 Å². The van der Waals surface area contributed by atoms with Gasteiger partial charge in [-0.15, -0.1) is 0 Å². The smallest absolute Gasteiger partial charge is 0.313 e. The number of fused-ring (bicyclic) bond motifs is 2. The van der Waals surface area contributed by atoms with Crippen molar-refractivity contribution in [2.24, 2.45) is 0 Å². The number of carbonyl (C=O) groups excluding carboxylic acids is 2. The minimum absolute atomic E-state index is 0.0559. The van der Waals surface area contributed by atoms with E-state index in [1.54, 1.807) is 6.20 Å². The predicted molar refractivity (Wildman–Crippen MR) is 105 cm³/mol. The van der Waals surface area contributed by atoms with Crippen molar-refractivity contribution in [3.8, 4) is 0 Å². The van der Waals surface area contributed by atoms with Crippen LogP contribution in [0.1, 0.15) is 47.2 Å². The summed E-state index contributed by atoms with van der Waals surface area (Å²) in [5.74, 6) is -0.547. The van der Waals surface area contributed by atoms with E-state index in [-0.39, 0.29) is 30.3 Å². The maximum atomic E-state index is 12.7. The first-order valence-electron chi connectivity index (χ1n) is 9.46. The molecule has 2 unspecified atom stereocenters. The quantitative estimate of drug-likeness (QED) is 0.709. The summed E-state index contributed by atoms with van der Waals surface area (Å²) in [5.41, 5.74) is 4.73. The zero-order chi connectivity index (χ0) is 19.7. The zero-order valence-corrected chi connectivity index (χ0v) is 16.0. The van der Waals surface area contributed by atoms with Crippen LogP contribution in [0.3, 0.4) is 0 Å². The Bertz CT molecular complexity index is 1040. The second-order valence-corrected chi connectivity index (χ2v) is 7.21. The first kappa shape index (κ1) is 18.2. The van der Waals surface area contributed by atoms with Crippen LogP contribution < -0.4 is 5.32 Å². The van der Waals surface area contributed by atoms with Crippen molar-refractivity contribution in [3.63, 3.8) is 0 Å². The Balaban J connectivity index is 1.53. The Morgan fingerprint density at radius 3 is 2.75 bits per heavy atom. The average Bonchev–Trinajstić information content (AvgIpc) is 3.12. The number of aromatic nitrogens is 2. The van der Waals surface area contributed by atoms with Crippen molar-refractivity contribution in [2.45, 2.75) is 38.1 Å². The third-order valence-electron chi connectivity index (χ3n) is 5.46. The maximum absolute atomic E-state index is 12.7. The standard InChI is InChI=1S/C22H23N3O3/c1-14-6-5-11-25-15(13-23-21(14)25)12-20(26)24-19-10-9-18(22(27)28-2)16-7-3-4-8-17(16)19/h3-8,11,13,18-19H,9-10,12H2,1-2H3,(H,24,26). The molecule has 28 heavy (non-hydrogen) atoms. The molecule has 1 amide bonds. The fraction of sp³-hybridized carbons (Fsp3) is 0.318. The number of aryl methyl sites for hydroxylation is 1. The second-order valence-electron chi connectivity index (χ2n) is 7.21. The molecule has 2 heterocycles. The summed E-state index contributed by atoms with van der Waals surface area (Å²) < 4.78 is 6.90. The molecule has 2 aromatic heterocycles. The predicted octanol–water partition coefficient (Wildman–Crippen LogP) is 3.09. The molecule has 0 spiro atoms. The highest BCUT2D eigenvalue weighted by Crippen LogP contribution is 2.38. The van der Waals surface area contributed by atoms with Crippen molar-refractivity contribution < 1.29 is 14.3 Å². The van der Waals surface area contributed by atoms with Crippen LogP contribution in [0, 0.1) is 6.92 Å². The third-order valence-corrected chi connectivity index (χ3v) is 5.46. The fourth-order valence-electron chi connectivity index (χ4n) is 4.07. The molecule has 144 valence electrons. The second kappa shape index (κ2) is 7.46. The van der Waals surface area contributed by atoms with Gasteiger partial charge in [0.05, 0.1) is 31.2 Å². The van der Waals surface area contributed by atoms with Gasteiger partial charge in [0, 0.05) is 12.4 Å². The van der Waals surface area contributed by atoms with Crippen molar-refractivity contribution >= 4 is 17.5 Å². The van der Waals surface area contributed by atoms with Crippen molar-refractivity contribution in [3.05, 3.63) is 71.2 Å². The van der Waals surface area contributed by atoms with E-state index in [2.05, 4.69) is 10.3 Å². The van der Waals surface area contributed by atoms with Gasteiger partial charge in [-0.1, -0.05) is 30.3 Å². The van der Waals surface area contributed by atoms with Crippen LogP contribution >= 0.6 is 0 Å².